The minimum Gasteiger partial charge on any atom is -0.491 e. The molecule has 1 aliphatic carbocycles. The second kappa shape index (κ2) is 6.06. The van der Waals surface area contributed by atoms with Crippen molar-refractivity contribution in [1.29, 1.82) is 0 Å². The third-order valence-corrected chi connectivity index (χ3v) is 3.91. The monoisotopic (exact) mass is 291 g/mol. The molecule has 0 saturated heterocycles. The lowest BCUT2D eigenvalue weighted by Gasteiger charge is -2.15. The molecule has 21 heavy (non-hydrogen) atoms. The lowest BCUT2D eigenvalue weighted by molar-refractivity contribution is -0.123. The fourth-order valence-corrected chi connectivity index (χ4v) is 2.42. The summed E-state index contributed by atoms with van der Waals surface area (Å²) in [5.41, 5.74) is 0.864. The molecule has 0 bridgehead atoms. The number of rotatable bonds is 6. The molecule has 4 heteroatoms. The van der Waals surface area contributed by atoms with Crippen molar-refractivity contribution in [2.24, 2.45) is 11.3 Å². The van der Waals surface area contributed by atoms with E-state index in [2.05, 4.69) is 19.2 Å². The average Bonchev–Trinajstić information content (AvgIpc) is 3.04. The van der Waals surface area contributed by atoms with Crippen LogP contribution in [0.5, 0.6) is 5.75 Å². The molecule has 0 spiro atoms. The molecule has 1 aromatic carbocycles. The Labute approximate surface area is 126 Å². The maximum atomic E-state index is 11.9. The van der Waals surface area contributed by atoms with Crippen molar-refractivity contribution < 1.29 is 14.6 Å². The Balaban J connectivity index is 1.88. The number of hydrogen-bond donors (Lipinski definition) is 2. The van der Waals surface area contributed by atoms with E-state index in [1.54, 1.807) is 0 Å². The van der Waals surface area contributed by atoms with Gasteiger partial charge in [-0.2, -0.15) is 0 Å². The number of aliphatic hydroxyl groups excluding tert-OH is 1. The molecule has 0 radical (unpaired) electrons. The smallest absolute Gasteiger partial charge is 0.223 e. The van der Waals surface area contributed by atoms with Crippen LogP contribution in [0.3, 0.4) is 0 Å². The van der Waals surface area contributed by atoms with E-state index in [1.807, 2.05) is 38.1 Å². The first kappa shape index (κ1) is 15.8. The number of nitrogens with one attached hydrogen (secondary N) is 1. The van der Waals surface area contributed by atoms with Crippen molar-refractivity contribution in [3.8, 4) is 5.75 Å². The molecular formula is C17H25NO3. The molecule has 0 aliphatic heterocycles. The van der Waals surface area contributed by atoms with Crippen LogP contribution >= 0.6 is 0 Å². The van der Waals surface area contributed by atoms with E-state index in [0.29, 0.717) is 0 Å². The van der Waals surface area contributed by atoms with E-state index in [4.69, 9.17) is 4.74 Å². The van der Waals surface area contributed by atoms with Crippen molar-refractivity contribution in [1.82, 2.24) is 5.32 Å². The largest absolute Gasteiger partial charge is 0.491 e. The molecule has 2 rings (SSSR count). The average molecular weight is 291 g/mol. The zero-order valence-electron chi connectivity index (χ0n) is 13.2. The van der Waals surface area contributed by atoms with Crippen molar-refractivity contribution in [2.75, 3.05) is 6.54 Å². The number of ether oxygens (including phenoxy) is 1. The maximum Gasteiger partial charge on any atom is 0.223 e. The molecule has 2 N–H and O–H groups in total. The zero-order valence-corrected chi connectivity index (χ0v) is 13.2. The quantitative estimate of drug-likeness (QED) is 0.847. The number of carbonyl (C=O) groups is 1. The summed E-state index contributed by atoms with van der Waals surface area (Å²) in [6.45, 7) is 8.32. The summed E-state index contributed by atoms with van der Waals surface area (Å²) in [5.74, 6) is 0.852. The van der Waals surface area contributed by atoms with Crippen LogP contribution in [0, 0.1) is 11.3 Å². The Morgan fingerprint density at radius 2 is 2.14 bits per heavy atom. The molecule has 1 amide bonds. The molecule has 1 fully saturated rings. The molecule has 1 unspecified atom stereocenters. The number of hydrogen-bond acceptors (Lipinski definition) is 3. The van der Waals surface area contributed by atoms with Gasteiger partial charge in [0.25, 0.3) is 0 Å². The number of aliphatic hydroxyl groups is 1. The Hall–Kier alpha value is -1.55. The van der Waals surface area contributed by atoms with E-state index in [0.717, 1.165) is 17.7 Å². The van der Waals surface area contributed by atoms with Crippen LogP contribution in [0.15, 0.2) is 24.3 Å². The topological polar surface area (TPSA) is 58.6 Å². The van der Waals surface area contributed by atoms with Crippen LogP contribution in [0.25, 0.3) is 0 Å². The standard InChI is InChI=1S/C17H25NO3/c1-11(2)21-13-7-5-6-12(8-13)15(19)10-18-16(20)14-9-17(14,3)4/h5-8,11,14-15,19H,9-10H2,1-4H3,(H,18,20)/t14-,15?/m1/s1. The summed E-state index contributed by atoms with van der Waals surface area (Å²) in [4.78, 5) is 11.9. The first-order valence-corrected chi connectivity index (χ1v) is 7.52. The highest BCUT2D eigenvalue weighted by Gasteiger charge is 2.50. The molecule has 1 saturated carbocycles. The minimum atomic E-state index is -0.716. The summed E-state index contributed by atoms with van der Waals surface area (Å²) in [5, 5.41) is 13.0. The lowest BCUT2D eigenvalue weighted by Crippen LogP contribution is -2.30. The first-order valence-electron chi connectivity index (χ1n) is 7.52. The summed E-state index contributed by atoms with van der Waals surface area (Å²) >= 11 is 0. The van der Waals surface area contributed by atoms with E-state index in [9.17, 15) is 9.90 Å². The minimum absolute atomic E-state index is 0.0358. The Morgan fingerprint density at radius 1 is 1.48 bits per heavy atom. The molecule has 116 valence electrons. The van der Waals surface area contributed by atoms with Gasteiger partial charge in [-0.25, -0.2) is 0 Å². The van der Waals surface area contributed by atoms with Gasteiger partial charge in [0.2, 0.25) is 5.91 Å². The van der Waals surface area contributed by atoms with Gasteiger partial charge in [0.05, 0.1) is 12.2 Å². The number of benzene rings is 1. The highest BCUT2D eigenvalue weighted by Crippen LogP contribution is 2.51. The molecule has 4 nitrogen and oxygen atoms in total. The van der Waals surface area contributed by atoms with Gasteiger partial charge >= 0.3 is 0 Å². The number of amides is 1. The van der Waals surface area contributed by atoms with Gasteiger partial charge in [-0.1, -0.05) is 26.0 Å². The second-order valence-electron chi connectivity index (χ2n) is 6.75. The summed E-state index contributed by atoms with van der Waals surface area (Å²) in [6.07, 6.45) is 0.299. The van der Waals surface area contributed by atoms with Crippen LogP contribution in [0.4, 0.5) is 0 Å². The van der Waals surface area contributed by atoms with Gasteiger partial charge in [0, 0.05) is 12.5 Å². The second-order valence-corrected chi connectivity index (χ2v) is 6.75. The van der Waals surface area contributed by atoms with Crippen LogP contribution in [-0.2, 0) is 4.79 Å². The number of carbonyl (C=O) groups excluding carboxylic acids is 1. The van der Waals surface area contributed by atoms with Crippen LogP contribution < -0.4 is 10.1 Å². The van der Waals surface area contributed by atoms with E-state index in [-0.39, 0.29) is 29.9 Å². The van der Waals surface area contributed by atoms with Crippen LogP contribution in [0.1, 0.15) is 45.8 Å². The van der Waals surface area contributed by atoms with E-state index < -0.39 is 6.10 Å². The summed E-state index contributed by atoms with van der Waals surface area (Å²) in [6, 6.07) is 7.37. The Bertz CT molecular complexity index is 511. The van der Waals surface area contributed by atoms with Gasteiger partial charge in [-0.05, 0) is 43.4 Å². The van der Waals surface area contributed by atoms with Crippen molar-refractivity contribution in [3.05, 3.63) is 29.8 Å². The highest BCUT2D eigenvalue weighted by molar-refractivity contribution is 5.82. The van der Waals surface area contributed by atoms with Gasteiger partial charge in [-0.15, -0.1) is 0 Å². The van der Waals surface area contributed by atoms with Crippen molar-refractivity contribution in [2.45, 2.75) is 46.3 Å². The van der Waals surface area contributed by atoms with Gasteiger partial charge < -0.3 is 15.2 Å². The van der Waals surface area contributed by atoms with Crippen molar-refractivity contribution >= 4 is 5.91 Å². The third kappa shape index (κ3) is 4.21. The van der Waals surface area contributed by atoms with Crippen LogP contribution in [-0.4, -0.2) is 23.7 Å². The summed E-state index contributed by atoms with van der Waals surface area (Å²) in [7, 11) is 0. The molecule has 2 atom stereocenters. The maximum absolute atomic E-state index is 11.9. The molecule has 1 aliphatic rings. The normalized spacial score (nSPS) is 21.0. The van der Waals surface area contributed by atoms with Crippen LogP contribution in [0.2, 0.25) is 0 Å². The predicted molar refractivity (Wildman–Crippen MR) is 82.1 cm³/mol. The lowest BCUT2D eigenvalue weighted by atomic mass is 10.1. The fourth-order valence-electron chi connectivity index (χ4n) is 2.42. The van der Waals surface area contributed by atoms with Gasteiger partial charge in [0.15, 0.2) is 0 Å². The Kier molecular flexibility index (Phi) is 4.57. The summed E-state index contributed by atoms with van der Waals surface area (Å²) < 4.78 is 5.61. The first-order chi connectivity index (χ1) is 9.79. The molecule has 0 aromatic heterocycles. The SMILES string of the molecule is CC(C)Oc1cccc(C(O)CNC(=O)[C@H]2CC2(C)C)c1. The zero-order chi connectivity index (χ0) is 15.6. The molecule has 0 heterocycles. The van der Waals surface area contributed by atoms with Crippen molar-refractivity contribution in [3.63, 3.8) is 0 Å². The van der Waals surface area contributed by atoms with Gasteiger partial charge in [0.1, 0.15) is 5.75 Å². The Morgan fingerprint density at radius 3 is 2.71 bits per heavy atom. The highest BCUT2D eigenvalue weighted by atomic mass is 16.5. The van der Waals surface area contributed by atoms with Gasteiger partial charge in [-0.3, -0.25) is 4.79 Å². The third-order valence-electron chi connectivity index (χ3n) is 3.91. The van der Waals surface area contributed by atoms with E-state index in [1.165, 1.54) is 0 Å². The fraction of sp³-hybridized carbons (Fsp3) is 0.588. The molecular weight excluding hydrogens is 266 g/mol. The predicted octanol–water partition coefficient (Wildman–Crippen LogP) is 2.67. The van der Waals surface area contributed by atoms with E-state index >= 15 is 0 Å². The molecule has 1 aromatic rings.